The maximum Gasteiger partial charge on any atom is 0.420 e. The fraction of sp³-hybridized carbons (Fsp3) is 0.138. The molecule has 10 rings (SSSR count). The minimum atomic E-state index is -4.88. The molecule has 0 fully saturated rings. The summed E-state index contributed by atoms with van der Waals surface area (Å²) in [5, 5.41) is 9.17. The first kappa shape index (κ1) is 56.5. The number of alkyl halides is 6. The number of nitrogens with two attached hydrogens (primary N) is 2. The van der Waals surface area contributed by atoms with E-state index in [9.17, 15) is 58.8 Å². The van der Waals surface area contributed by atoms with Gasteiger partial charge in [-0.1, -0.05) is 24.3 Å². The second-order valence-corrected chi connectivity index (χ2v) is 18.6. The lowest BCUT2D eigenvalue weighted by molar-refractivity contribution is -0.139. The van der Waals surface area contributed by atoms with Gasteiger partial charge in [-0.15, -0.1) is 0 Å². The maximum absolute atomic E-state index is 14.7. The van der Waals surface area contributed by atoms with Gasteiger partial charge in [0.15, 0.2) is 5.82 Å². The van der Waals surface area contributed by atoms with Crippen molar-refractivity contribution in [2.24, 2.45) is 0 Å². The first-order chi connectivity index (χ1) is 38.8. The van der Waals surface area contributed by atoms with Crippen LogP contribution in [0.3, 0.4) is 0 Å². The molecule has 14 nitrogen and oxygen atoms in total. The van der Waals surface area contributed by atoms with Gasteiger partial charge in [0.05, 0.1) is 70.2 Å². The van der Waals surface area contributed by atoms with Gasteiger partial charge in [0.1, 0.15) is 69.3 Å². The number of ether oxygens (including phenoxy) is 2. The Hall–Kier alpha value is -10.2. The predicted molar refractivity (Wildman–Crippen MR) is 283 cm³/mol. The third-order valence-electron chi connectivity index (χ3n) is 13.0. The lowest BCUT2D eigenvalue weighted by atomic mass is 9.98. The molecule has 0 saturated carbocycles. The molecule has 0 aliphatic carbocycles. The molecule has 0 bridgehead atoms. The average Bonchev–Trinajstić information content (AvgIpc) is 3.58. The molecule has 82 heavy (non-hydrogen) atoms. The minimum Gasteiger partial charge on any atom is -0.457 e. The van der Waals surface area contributed by atoms with Crippen LogP contribution >= 0.6 is 0 Å². The Morgan fingerprint density at radius 1 is 0.634 bits per heavy atom. The van der Waals surface area contributed by atoms with Crippen LogP contribution in [-0.2, 0) is 18.9 Å². The van der Waals surface area contributed by atoms with Crippen molar-refractivity contribution in [3.05, 3.63) is 217 Å². The summed E-state index contributed by atoms with van der Waals surface area (Å²) >= 11 is 0. The van der Waals surface area contributed by atoms with Gasteiger partial charge in [-0.2, -0.15) is 41.6 Å². The highest BCUT2D eigenvalue weighted by Gasteiger charge is 2.40. The summed E-state index contributed by atoms with van der Waals surface area (Å²) in [6, 6.07) is 22.1. The van der Waals surface area contributed by atoms with E-state index in [1.54, 1.807) is 26.8 Å². The Labute approximate surface area is 457 Å². The first-order valence-corrected chi connectivity index (χ1v) is 24.2. The largest absolute Gasteiger partial charge is 0.457 e. The van der Waals surface area contributed by atoms with Crippen LogP contribution in [0.15, 0.2) is 138 Å². The van der Waals surface area contributed by atoms with Crippen molar-refractivity contribution in [2.75, 3.05) is 11.5 Å². The number of benzene rings is 6. The van der Waals surface area contributed by atoms with Crippen molar-refractivity contribution in [3.63, 3.8) is 0 Å². The molecule has 0 saturated heterocycles. The van der Waals surface area contributed by atoms with Gasteiger partial charge in [-0.25, -0.2) is 32.5 Å². The Kier molecular flexibility index (Phi) is 15.3. The molecule has 4 heterocycles. The zero-order chi connectivity index (χ0) is 59.1. The Balaban J connectivity index is 0.000000198. The molecular formula is C58H40F10N10O4. The van der Waals surface area contributed by atoms with Crippen molar-refractivity contribution in [2.45, 2.75) is 52.6 Å². The van der Waals surface area contributed by atoms with Crippen LogP contribution < -0.4 is 32.1 Å². The van der Waals surface area contributed by atoms with Gasteiger partial charge < -0.3 is 30.1 Å². The number of nitrogens with zero attached hydrogens (tertiary/aromatic N) is 8. The Morgan fingerprint density at radius 3 is 1.72 bits per heavy atom. The number of nitrogen functional groups attached to an aromatic ring is 2. The zero-order valence-corrected chi connectivity index (χ0v) is 43.1. The van der Waals surface area contributed by atoms with Crippen LogP contribution in [0.1, 0.15) is 57.6 Å². The number of halogens is 10. The van der Waals surface area contributed by atoms with Crippen LogP contribution in [0.5, 0.6) is 23.0 Å². The smallest absolute Gasteiger partial charge is 0.420 e. The number of hydrogen-bond donors (Lipinski definition) is 2. The fourth-order valence-corrected chi connectivity index (χ4v) is 9.03. The summed E-state index contributed by atoms with van der Waals surface area (Å²) in [5.41, 5.74) is 8.31. The third-order valence-corrected chi connectivity index (χ3v) is 13.0. The van der Waals surface area contributed by atoms with E-state index in [-0.39, 0.29) is 90.6 Å². The number of anilines is 2. The fourth-order valence-electron chi connectivity index (χ4n) is 9.03. The normalized spacial score (nSPS) is 12.0. The number of fused-ring (bicyclic) bond motifs is 2. The van der Waals surface area contributed by atoms with E-state index >= 15 is 0 Å². The van der Waals surface area contributed by atoms with Crippen molar-refractivity contribution >= 4 is 33.3 Å². The number of rotatable bonds is 10. The molecule has 1 atom stereocenters. The second-order valence-electron chi connectivity index (χ2n) is 18.6. The van der Waals surface area contributed by atoms with E-state index in [0.29, 0.717) is 16.8 Å². The summed E-state index contributed by atoms with van der Waals surface area (Å²) in [6.07, 6.45) is -5.10. The van der Waals surface area contributed by atoms with E-state index in [1.165, 1.54) is 113 Å². The predicted octanol–water partition coefficient (Wildman–Crippen LogP) is 13.1. The van der Waals surface area contributed by atoms with Crippen LogP contribution in [0.4, 0.5) is 55.4 Å². The van der Waals surface area contributed by atoms with Gasteiger partial charge >= 0.3 is 12.4 Å². The summed E-state index contributed by atoms with van der Waals surface area (Å²) in [4.78, 5) is 44.6. The molecule has 10 aromatic rings. The molecule has 0 amide bonds. The van der Waals surface area contributed by atoms with Crippen molar-refractivity contribution < 1.29 is 53.4 Å². The Bertz CT molecular complexity index is 4300. The quantitative estimate of drug-likeness (QED) is 0.123. The molecule has 4 N–H and O–H groups in total. The number of aryl methyl sites for hydroxylation is 3. The molecule has 0 aliphatic heterocycles. The molecule has 0 spiro atoms. The molecule has 0 unspecified atom stereocenters. The lowest BCUT2D eigenvalue weighted by Gasteiger charge is -2.20. The molecule has 24 heteroatoms. The molecular weight excluding hydrogens is 1090 g/mol. The monoisotopic (exact) mass is 1130 g/mol. The number of aromatic nitrogens is 7. The molecule has 0 radical (unpaired) electrons. The minimum absolute atomic E-state index is 0.00491. The summed E-state index contributed by atoms with van der Waals surface area (Å²) in [5.74, 6) is -4.71. The van der Waals surface area contributed by atoms with E-state index in [4.69, 9.17) is 20.9 Å². The number of pyridine rings is 1. The standard InChI is InChI=1S/C29H22F5N5O2.C29H18F5N5O2/c1-14-9-20(30)25(21(31)10-14)16(3)39-13-37-28(40)19-11-17(7-8-23(19)39)41-24-6-4-5-18(26(24)29(32,33)34)27-36-12-22(35)15(2)38-27;1-15-7-22(30)21(23(31)8-15)13-39-14-38-28(40)20-10-18(5-6-24(20)39)41-25-4-2-3-19(26(25)29(32,33)34)17-9-16(11-35)27(36)37-12-17/h4-13,16H,35H2,1-3H3;2-10,12,14H,13H2,1H3,(H2,36,37)/t16-;/m1./s1. The zero-order valence-electron chi connectivity index (χ0n) is 43.1. The van der Waals surface area contributed by atoms with Crippen LogP contribution in [0.25, 0.3) is 44.3 Å². The molecule has 4 aromatic heterocycles. The highest BCUT2D eigenvalue weighted by Crippen LogP contribution is 2.46. The van der Waals surface area contributed by atoms with E-state index in [2.05, 4.69) is 24.9 Å². The molecule has 416 valence electrons. The second kappa shape index (κ2) is 22.2. The van der Waals surface area contributed by atoms with E-state index in [0.717, 1.165) is 31.0 Å². The maximum atomic E-state index is 14.7. The van der Waals surface area contributed by atoms with Crippen molar-refractivity contribution in [1.29, 1.82) is 5.26 Å². The van der Waals surface area contributed by atoms with Crippen LogP contribution in [0, 0.1) is 55.4 Å². The van der Waals surface area contributed by atoms with Gasteiger partial charge in [0, 0.05) is 28.5 Å². The SMILES string of the molecule is Cc1cc(F)c(Cn2cnc(=O)c3cc(Oc4cccc(-c5cnc(N)c(C#N)c5)c4C(F)(F)F)ccc32)c(F)c1.Cc1cc(F)c([C@@H](C)n2cnc(=O)c3cc(Oc4cccc(-c5ncc(N)c(C)n5)c4C(F)(F)F)ccc32)c(F)c1. The van der Waals surface area contributed by atoms with Gasteiger partial charge in [0.2, 0.25) is 0 Å². The number of hydrogen-bond acceptors (Lipinski definition) is 12. The van der Waals surface area contributed by atoms with Crippen molar-refractivity contribution in [1.82, 2.24) is 34.1 Å². The van der Waals surface area contributed by atoms with Gasteiger partial charge in [0.25, 0.3) is 11.1 Å². The summed E-state index contributed by atoms with van der Waals surface area (Å²) < 4.78 is 158. The Morgan fingerprint density at radius 2 is 1.16 bits per heavy atom. The summed E-state index contributed by atoms with van der Waals surface area (Å²) in [7, 11) is 0. The van der Waals surface area contributed by atoms with Crippen molar-refractivity contribution in [3.8, 4) is 51.6 Å². The lowest BCUT2D eigenvalue weighted by Crippen LogP contribution is -2.18. The topological polar surface area (TPSA) is 203 Å². The highest BCUT2D eigenvalue weighted by molar-refractivity contribution is 5.81. The van der Waals surface area contributed by atoms with Gasteiger partial charge in [-0.05, 0) is 123 Å². The van der Waals surface area contributed by atoms with Crippen LogP contribution in [-0.4, -0.2) is 34.1 Å². The molecule has 0 aliphatic rings. The van der Waals surface area contributed by atoms with E-state index < -0.39 is 75.4 Å². The van der Waals surface area contributed by atoms with Crippen LogP contribution in [0.2, 0.25) is 0 Å². The molecule has 6 aromatic carbocycles. The van der Waals surface area contributed by atoms with Gasteiger partial charge in [-0.3, -0.25) is 9.59 Å². The third kappa shape index (κ3) is 11.5. The van der Waals surface area contributed by atoms with E-state index in [1.807, 2.05) is 0 Å². The summed E-state index contributed by atoms with van der Waals surface area (Å²) in [6.45, 7) is 5.90. The first-order valence-electron chi connectivity index (χ1n) is 24.2. The highest BCUT2D eigenvalue weighted by atomic mass is 19.4. The average molecular weight is 1130 g/mol. The number of nitriles is 1.